The molecule has 2 rings (SSSR count). The lowest BCUT2D eigenvalue weighted by molar-refractivity contribution is 0.154. The number of nitrogens with zero attached hydrogens (tertiary/aromatic N) is 2. The molecule has 1 aliphatic heterocycles. The van der Waals surface area contributed by atoms with E-state index >= 15 is 0 Å². The Hall–Kier alpha value is -0.910. The molecule has 1 aliphatic rings. The van der Waals surface area contributed by atoms with Crippen LogP contribution in [0.15, 0.2) is 29.2 Å². The van der Waals surface area contributed by atoms with Gasteiger partial charge in [-0.25, -0.2) is 8.42 Å². The van der Waals surface area contributed by atoms with Gasteiger partial charge in [0.15, 0.2) is 0 Å². The molecule has 0 bridgehead atoms. The quantitative estimate of drug-likeness (QED) is 0.853. The standard InChI is InChI=1S/C15H24N2O2S/c1-4-14-5-7-15(8-6-14)20(18,19)17-11-9-16(10-12-17)13(2)3/h5-8,13H,4,9-12H2,1-3H3. The molecule has 0 radical (unpaired) electrons. The van der Waals surface area contributed by atoms with Gasteiger partial charge in [-0.05, 0) is 38.0 Å². The van der Waals surface area contributed by atoms with Crippen molar-refractivity contribution in [2.45, 2.75) is 38.1 Å². The van der Waals surface area contributed by atoms with Crippen LogP contribution in [0.4, 0.5) is 0 Å². The lowest BCUT2D eigenvalue weighted by atomic mass is 10.2. The summed E-state index contributed by atoms with van der Waals surface area (Å²) in [6.07, 6.45) is 0.924. The molecule has 0 atom stereocenters. The molecule has 112 valence electrons. The van der Waals surface area contributed by atoms with Crippen LogP contribution in [-0.2, 0) is 16.4 Å². The SMILES string of the molecule is CCc1ccc(S(=O)(=O)N2CCN(C(C)C)CC2)cc1. The number of rotatable bonds is 4. The maximum atomic E-state index is 12.6. The molecule has 1 saturated heterocycles. The highest BCUT2D eigenvalue weighted by Crippen LogP contribution is 2.19. The number of benzene rings is 1. The topological polar surface area (TPSA) is 40.6 Å². The van der Waals surface area contributed by atoms with Crippen molar-refractivity contribution in [1.29, 1.82) is 0 Å². The van der Waals surface area contributed by atoms with Crippen molar-refractivity contribution in [3.8, 4) is 0 Å². The zero-order chi connectivity index (χ0) is 14.8. The molecule has 0 unspecified atom stereocenters. The summed E-state index contributed by atoms with van der Waals surface area (Å²) in [6, 6.07) is 7.73. The van der Waals surface area contributed by atoms with Crippen molar-refractivity contribution in [1.82, 2.24) is 9.21 Å². The first-order valence-electron chi connectivity index (χ1n) is 7.28. The Morgan fingerprint density at radius 3 is 2.05 bits per heavy atom. The first-order chi connectivity index (χ1) is 9.45. The molecule has 1 fully saturated rings. The van der Waals surface area contributed by atoms with E-state index in [9.17, 15) is 8.42 Å². The molecule has 20 heavy (non-hydrogen) atoms. The summed E-state index contributed by atoms with van der Waals surface area (Å²) in [5.74, 6) is 0. The van der Waals surface area contributed by atoms with Crippen LogP contribution < -0.4 is 0 Å². The monoisotopic (exact) mass is 296 g/mol. The Morgan fingerprint density at radius 2 is 1.60 bits per heavy atom. The van der Waals surface area contributed by atoms with Gasteiger partial charge in [-0.3, -0.25) is 4.90 Å². The molecule has 0 N–H and O–H groups in total. The summed E-state index contributed by atoms with van der Waals surface area (Å²) in [4.78, 5) is 2.72. The van der Waals surface area contributed by atoms with Crippen LogP contribution in [0.5, 0.6) is 0 Å². The highest BCUT2D eigenvalue weighted by Gasteiger charge is 2.28. The van der Waals surface area contributed by atoms with E-state index in [1.807, 2.05) is 12.1 Å². The summed E-state index contributed by atoms with van der Waals surface area (Å²) in [5, 5.41) is 0. The van der Waals surface area contributed by atoms with Crippen LogP contribution in [0.25, 0.3) is 0 Å². The van der Waals surface area contributed by atoms with Crippen molar-refractivity contribution in [3.05, 3.63) is 29.8 Å². The summed E-state index contributed by atoms with van der Waals surface area (Å²) in [6.45, 7) is 9.13. The third-order valence-corrected chi connectivity index (χ3v) is 5.89. The molecule has 0 amide bonds. The third-order valence-electron chi connectivity index (χ3n) is 3.97. The van der Waals surface area contributed by atoms with Gasteiger partial charge in [-0.15, -0.1) is 0 Å². The molecule has 0 spiro atoms. The zero-order valence-corrected chi connectivity index (χ0v) is 13.4. The van der Waals surface area contributed by atoms with Crippen molar-refractivity contribution in [3.63, 3.8) is 0 Å². The van der Waals surface area contributed by atoms with Crippen molar-refractivity contribution in [2.24, 2.45) is 0 Å². The number of hydrogen-bond acceptors (Lipinski definition) is 3. The van der Waals surface area contributed by atoms with Gasteiger partial charge in [0.25, 0.3) is 0 Å². The normalized spacial score (nSPS) is 18.6. The molecule has 5 heteroatoms. The van der Waals surface area contributed by atoms with Crippen LogP contribution in [0.2, 0.25) is 0 Å². The van der Waals surface area contributed by atoms with Gasteiger partial charge >= 0.3 is 0 Å². The summed E-state index contributed by atoms with van der Waals surface area (Å²) in [7, 11) is -3.33. The second-order valence-electron chi connectivity index (χ2n) is 5.53. The van der Waals surface area contributed by atoms with Crippen molar-refractivity contribution >= 4 is 10.0 Å². The Labute approximate surface area is 122 Å². The van der Waals surface area contributed by atoms with E-state index < -0.39 is 10.0 Å². The fourth-order valence-electron chi connectivity index (χ4n) is 2.51. The fourth-order valence-corrected chi connectivity index (χ4v) is 3.93. The Balaban J connectivity index is 2.11. The van der Waals surface area contributed by atoms with Crippen LogP contribution in [0.1, 0.15) is 26.3 Å². The third kappa shape index (κ3) is 3.22. The van der Waals surface area contributed by atoms with Gasteiger partial charge in [0.1, 0.15) is 0 Å². The molecule has 1 aromatic carbocycles. The Morgan fingerprint density at radius 1 is 1.05 bits per heavy atom. The van der Waals surface area contributed by atoms with Gasteiger partial charge in [0.2, 0.25) is 10.0 Å². The Bertz CT molecular complexity index is 529. The van der Waals surface area contributed by atoms with Crippen molar-refractivity contribution < 1.29 is 8.42 Å². The zero-order valence-electron chi connectivity index (χ0n) is 12.5. The van der Waals surface area contributed by atoms with Crippen LogP contribution in [0, 0.1) is 0 Å². The number of hydrogen-bond donors (Lipinski definition) is 0. The predicted molar refractivity (Wildman–Crippen MR) is 81.3 cm³/mol. The number of sulfonamides is 1. The summed E-state index contributed by atoms with van der Waals surface area (Å²) in [5.41, 5.74) is 1.16. The average molecular weight is 296 g/mol. The van der Waals surface area contributed by atoms with Crippen LogP contribution in [-0.4, -0.2) is 49.8 Å². The van der Waals surface area contributed by atoms with Crippen LogP contribution in [0.3, 0.4) is 0 Å². The molecule has 1 heterocycles. The minimum absolute atomic E-state index is 0.410. The highest BCUT2D eigenvalue weighted by molar-refractivity contribution is 7.89. The van der Waals surface area contributed by atoms with Gasteiger partial charge in [-0.1, -0.05) is 19.1 Å². The minimum atomic E-state index is -3.33. The summed E-state index contributed by atoms with van der Waals surface area (Å²) < 4.78 is 26.7. The predicted octanol–water partition coefficient (Wildman–Crippen LogP) is 1.96. The summed E-state index contributed by atoms with van der Waals surface area (Å²) >= 11 is 0. The lowest BCUT2D eigenvalue weighted by Gasteiger charge is -2.36. The molecular weight excluding hydrogens is 272 g/mol. The van der Waals surface area contributed by atoms with E-state index in [0.29, 0.717) is 24.0 Å². The fraction of sp³-hybridized carbons (Fsp3) is 0.600. The smallest absolute Gasteiger partial charge is 0.243 e. The van der Waals surface area contributed by atoms with E-state index in [2.05, 4.69) is 25.7 Å². The largest absolute Gasteiger partial charge is 0.298 e. The molecular formula is C15H24N2O2S. The van der Waals surface area contributed by atoms with Gasteiger partial charge in [-0.2, -0.15) is 4.31 Å². The second kappa shape index (κ2) is 6.24. The maximum absolute atomic E-state index is 12.6. The Kier molecular flexibility index (Phi) is 4.83. The van der Waals surface area contributed by atoms with Crippen molar-refractivity contribution in [2.75, 3.05) is 26.2 Å². The van der Waals surface area contributed by atoms with Gasteiger partial charge in [0.05, 0.1) is 4.90 Å². The first-order valence-corrected chi connectivity index (χ1v) is 8.72. The van der Waals surface area contributed by atoms with Crippen LogP contribution >= 0.6 is 0 Å². The highest BCUT2D eigenvalue weighted by atomic mass is 32.2. The van der Waals surface area contributed by atoms with E-state index in [0.717, 1.165) is 25.1 Å². The van der Waals surface area contributed by atoms with E-state index in [1.165, 1.54) is 0 Å². The number of aryl methyl sites for hydroxylation is 1. The molecule has 1 aromatic rings. The second-order valence-corrected chi connectivity index (χ2v) is 7.47. The first kappa shape index (κ1) is 15.5. The molecule has 0 aromatic heterocycles. The van der Waals surface area contributed by atoms with E-state index in [4.69, 9.17) is 0 Å². The van der Waals surface area contributed by atoms with Gasteiger partial charge < -0.3 is 0 Å². The van der Waals surface area contributed by atoms with E-state index in [1.54, 1.807) is 16.4 Å². The molecule has 4 nitrogen and oxygen atoms in total. The lowest BCUT2D eigenvalue weighted by Crippen LogP contribution is -2.50. The number of piperazine rings is 1. The minimum Gasteiger partial charge on any atom is -0.298 e. The van der Waals surface area contributed by atoms with E-state index in [-0.39, 0.29) is 0 Å². The maximum Gasteiger partial charge on any atom is 0.243 e. The van der Waals surface area contributed by atoms with Gasteiger partial charge in [0, 0.05) is 32.2 Å². The average Bonchev–Trinajstić information content (AvgIpc) is 2.47. The molecule has 0 saturated carbocycles. The molecule has 0 aliphatic carbocycles.